The molecule has 1 aliphatic rings. The molecule has 1 fully saturated rings. The smallest absolute Gasteiger partial charge is 0.0547 e. The Morgan fingerprint density at radius 3 is 3.12 bits per heavy atom. The van der Waals surface area contributed by atoms with Gasteiger partial charge in [-0.2, -0.15) is 0 Å². The van der Waals surface area contributed by atoms with Gasteiger partial charge in [0.15, 0.2) is 0 Å². The van der Waals surface area contributed by atoms with Gasteiger partial charge in [-0.25, -0.2) is 0 Å². The third-order valence-corrected chi connectivity index (χ3v) is 3.13. The van der Waals surface area contributed by atoms with Crippen LogP contribution in [0.15, 0.2) is 18.2 Å². The zero-order chi connectivity index (χ0) is 11.4. The fourth-order valence-electron chi connectivity index (χ4n) is 2.13. The summed E-state index contributed by atoms with van der Waals surface area (Å²) in [5.41, 5.74) is 2.30. The third kappa shape index (κ3) is 3.29. The van der Waals surface area contributed by atoms with Crippen LogP contribution >= 0.6 is 0 Å². The van der Waals surface area contributed by atoms with E-state index in [9.17, 15) is 0 Å². The molecule has 3 nitrogen and oxygen atoms in total. The molecule has 0 saturated carbocycles. The van der Waals surface area contributed by atoms with Gasteiger partial charge in [-0.15, -0.1) is 0 Å². The highest BCUT2D eigenvalue weighted by Gasteiger charge is 2.13. The minimum atomic E-state index is 0.649. The monoisotopic (exact) mass is 219 g/mol. The maximum absolute atomic E-state index is 4.55. The van der Waals surface area contributed by atoms with Crippen molar-refractivity contribution in [1.29, 1.82) is 0 Å². The van der Waals surface area contributed by atoms with Crippen molar-refractivity contribution < 1.29 is 0 Å². The Bertz CT molecular complexity index is 338. The van der Waals surface area contributed by atoms with Crippen molar-refractivity contribution in [3.05, 3.63) is 29.6 Å². The van der Waals surface area contributed by atoms with Gasteiger partial charge < -0.3 is 5.32 Å². The highest BCUT2D eigenvalue weighted by Crippen LogP contribution is 2.07. The summed E-state index contributed by atoms with van der Waals surface area (Å²) in [5, 5.41) is 3.51. The van der Waals surface area contributed by atoms with Crippen molar-refractivity contribution in [3.63, 3.8) is 0 Å². The van der Waals surface area contributed by atoms with E-state index in [1.165, 1.54) is 18.7 Å². The Morgan fingerprint density at radius 1 is 1.44 bits per heavy atom. The van der Waals surface area contributed by atoms with Gasteiger partial charge in [0.1, 0.15) is 0 Å². The molecule has 0 radical (unpaired) electrons. The lowest BCUT2D eigenvalue weighted by atomic mass is 10.2. The van der Waals surface area contributed by atoms with Gasteiger partial charge in [-0.3, -0.25) is 9.88 Å². The summed E-state index contributed by atoms with van der Waals surface area (Å²) in [6, 6.07) is 6.91. The van der Waals surface area contributed by atoms with Gasteiger partial charge >= 0.3 is 0 Å². The molecule has 2 rings (SSSR count). The first-order chi connectivity index (χ1) is 7.74. The second kappa shape index (κ2) is 5.41. The number of hydrogen-bond acceptors (Lipinski definition) is 3. The van der Waals surface area contributed by atoms with E-state index in [4.69, 9.17) is 0 Å². The Morgan fingerprint density at radius 2 is 2.31 bits per heavy atom. The van der Waals surface area contributed by atoms with Crippen LogP contribution in [0, 0.1) is 6.92 Å². The van der Waals surface area contributed by atoms with Crippen LogP contribution < -0.4 is 5.32 Å². The summed E-state index contributed by atoms with van der Waals surface area (Å²) in [7, 11) is 0. The predicted octanol–water partition coefficient (Wildman–Crippen LogP) is 1.57. The summed E-state index contributed by atoms with van der Waals surface area (Å²) in [5.74, 6) is 0. The van der Waals surface area contributed by atoms with Gasteiger partial charge in [-0.05, 0) is 32.4 Å². The standard InChI is InChI=1S/C13H21N3/c1-11-6-8-16(9-7-14-11)10-13-5-3-4-12(2)15-13/h3-5,11,14H,6-10H2,1-2H3. The van der Waals surface area contributed by atoms with E-state index < -0.39 is 0 Å². The number of nitrogens with zero attached hydrogens (tertiary/aromatic N) is 2. The van der Waals surface area contributed by atoms with E-state index in [2.05, 4.69) is 47.2 Å². The SMILES string of the molecule is Cc1cccc(CN2CCNC(C)CC2)n1. The summed E-state index contributed by atoms with van der Waals surface area (Å²) in [6.07, 6.45) is 1.23. The zero-order valence-electron chi connectivity index (χ0n) is 10.2. The topological polar surface area (TPSA) is 28.2 Å². The normalized spacial score (nSPS) is 23.0. The summed E-state index contributed by atoms with van der Waals surface area (Å²) < 4.78 is 0. The van der Waals surface area contributed by atoms with Crippen LogP contribution in [0.25, 0.3) is 0 Å². The van der Waals surface area contributed by atoms with Gasteiger partial charge in [0, 0.05) is 37.9 Å². The molecule has 1 atom stereocenters. The van der Waals surface area contributed by atoms with E-state index in [0.717, 1.165) is 25.3 Å². The van der Waals surface area contributed by atoms with E-state index in [-0.39, 0.29) is 0 Å². The molecule has 1 saturated heterocycles. The number of nitrogens with one attached hydrogen (secondary N) is 1. The van der Waals surface area contributed by atoms with Crippen molar-refractivity contribution >= 4 is 0 Å². The molecular weight excluding hydrogens is 198 g/mol. The van der Waals surface area contributed by atoms with Crippen LogP contribution in [-0.4, -0.2) is 35.6 Å². The average molecular weight is 219 g/mol. The van der Waals surface area contributed by atoms with Crippen molar-refractivity contribution in [1.82, 2.24) is 15.2 Å². The first-order valence-electron chi connectivity index (χ1n) is 6.12. The third-order valence-electron chi connectivity index (χ3n) is 3.13. The van der Waals surface area contributed by atoms with Crippen molar-refractivity contribution in [2.45, 2.75) is 32.9 Å². The Balaban J connectivity index is 1.93. The second-order valence-electron chi connectivity index (χ2n) is 4.69. The molecular formula is C13H21N3. The molecule has 88 valence electrons. The van der Waals surface area contributed by atoms with E-state index in [0.29, 0.717) is 6.04 Å². The number of aryl methyl sites for hydroxylation is 1. The predicted molar refractivity (Wildman–Crippen MR) is 66.3 cm³/mol. The maximum Gasteiger partial charge on any atom is 0.0547 e. The van der Waals surface area contributed by atoms with Crippen LogP contribution in [0.2, 0.25) is 0 Å². The summed E-state index contributed by atoms with van der Waals surface area (Å²) >= 11 is 0. The van der Waals surface area contributed by atoms with Crippen LogP contribution in [0.4, 0.5) is 0 Å². The largest absolute Gasteiger partial charge is 0.313 e. The van der Waals surface area contributed by atoms with Crippen LogP contribution in [0.1, 0.15) is 24.7 Å². The van der Waals surface area contributed by atoms with E-state index in [1.807, 2.05) is 0 Å². The highest BCUT2D eigenvalue weighted by atomic mass is 15.2. The second-order valence-corrected chi connectivity index (χ2v) is 4.69. The molecule has 1 aromatic heterocycles. The van der Waals surface area contributed by atoms with Crippen LogP contribution in [0.3, 0.4) is 0 Å². The van der Waals surface area contributed by atoms with Gasteiger partial charge in [0.25, 0.3) is 0 Å². The number of pyridine rings is 1. The Kier molecular flexibility index (Phi) is 3.91. The van der Waals surface area contributed by atoms with Gasteiger partial charge in [0.2, 0.25) is 0 Å². The molecule has 0 bridgehead atoms. The Labute approximate surface area is 97.9 Å². The van der Waals surface area contributed by atoms with Gasteiger partial charge in [0.05, 0.1) is 5.69 Å². The molecule has 0 aliphatic carbocycles. The Hall–Kier alpha value is -0.930. The van der Waals surface area contributed by atoms with Crippen molar-refractivity contribution in [2.24, 2.45) is 0 Å². The zero-order valence-corrected chi connectivity index (χ0v) is 10.2. The van der Waals surface area contributed by atoms with E-state index >= 15 is 0 Å². The van der Waals surface area contributed by atoms with Crippen LogP contribution in [0.5, 0.6) is 0 Å². The molecule has 1 aliphatic heterocycles. The molecule has 1 aromatic rings. The molecule has 2 heterocycles. The quantitative estimate of drug-likeness (QED) is 0.818. The summed E-state index contributed by atoms with van der Waals surface area (Å²) in [4.78, 5) is 7.04. The average Bonchev–Trinajstić information content (AvgIpc) is 2.44. The number of hydrogen-bond donors (Lipinski definition) is 1. The maximum atomic E-state index is 4.55. The number of rotatable bonds is 2. The molecule has 0 spiro atoms. The van der Waals surface area contributed by atoms with E-state index in [1.54, 1.807) is 0 Å². The fourth-order valence-corrected chi connectivity index (χ4v) is 2.13. The minimum absolute atomic E-state index is 0.649. The van der Waals surface area contributed by atoms with Crippen molar-refractivity contribution in [2.75, 3.05) is 19.6 Å². The van der Waals surface area contributed by atoms with Crippen LogP contribution in [-0.2, 0) is 6.54 Å². The molecule has 1 N–H and O–H groups in total. The minimum Gasteiger partial charge on any atom is -0.313 e. The van der Waals surface area contributed by atoms with Crippen molar-refractivity contribution in [3.8, 4) is 0 Å². The lowest BCUT2D eigenvalue weighted by molar-refractivity contribution is 0.279. The lowest BCUT2D eigenvalue weighted by Gasteiger charge is -2.18. The molecule has 0 amide bonds. The first-order valence-corrected chi connectivity index (χ1v) is 6.12. The lowest BCUT2D eigenvalue weighted by Crippen LogP contribution is -2.29. The van der Waals surface area contributed by atoms with Gasteiger partial charge in [-0.1, -0.05) is 6.07 Å². The molecule has 1 unspecified atom stereocenters. The fraction of sp³-hybridized carbons (Fsp3) is 0.615. The first kappa shape index (κ1) is 11.6. The summed E-state index contributed by atoms with van der Waals surface area (Å²) in [6.45, 7) is 8.68. The highest BCUT2D eigenvalue weighted by molar-refractivity contribution is 5.09. The molecule has 3 heteroatoms. The molecule has 16 heavy (non-hydrogen) atoms. The number of aromatic nitrogens is 1. The molecule has 0 aromatic carbocycles.